The molecule has 0 bridgehead atoms. The number of thiophene rings is 1. The van der Waals surface area contributed by atoms with Crippen LogP contribution in [0.3, 0.4) is 0 Å². The maximum absolute atomic E-state index is 13.1. The second kappa shape index (κ2) is 4.21. The van der Waals surface area contributed by atoms with E-state index < -0.39 is 17.3 Å². The zero-order valence-corrected chi connectivity index (χ0v) is 10.5. The SMILES string of the molecule is O=C(O)C1(c2ccc(Cl)s2)CCC(F)(F)CC1. The molecule has 94 valence electrons. The van der Waals surface area contributed by atoms with Crippen molar-refractivity contribution >= 4 is 28.9 Å². The van der Waals surface area contributed by atoms with Crippen LogP contribution in [0.4, 0.5) is 8.78 Å². The minimum Gasteiger partial charge on any atom is -0.481 e. The maximum atomic E-state index is 13.1. The first kappa shape index (κ1) is 12.8. The highest BCUT2D eigenvalue weighted by Crippen LogP contribution is 2.47. The number of carboxylic acids is 1. The highest BCUT2D eigenvalue weighted by atomic mass is 35.5. The summed E-state index contributed by atoms with van der Waals surface area (Å²) in [7, 11) is 0. The van der Waals surface area contributed by atoms with Gasteiger partial charge in [-0.3, -0.25) is 4.79 Å². The summed E-state index contributed by atoms with van der Waals surface area (Å²) in [6.45, 7) is 0. The summed E-state index contributed by atoms with van der Waals surface area (Å²) in [6.07, 6.45) is -0.831. The molecular formula is C11H11ClF2O2S. The number of hydrogen-bond acceptors (Lipinski definition) is 2. The van der Waals surface area contributed by atoms with Gasteiger partial charge < -0.3 is 5.11 Å². The van der Waals surface area contributed by atoms with Crippen LogP contribution in [-0.2, 0) is 10.2 Å². The van der Waals surface area contributed by atoms with E-state index in [9.17, 15) is 18.7 Å². The van der Waals surface area contributed by atoms with E-state index in [1.54, 1.807) is 12.1 Å². The van der Waals surface area contributed by atoms with Crippen molar-refractivity contribution in [3.05, 3.63) is 21.3 Å². The molecule has 2 rings (SSSR count). The van der Waals surface area contributed by atoms with Gasteiger partial charge in [0.25, 0.3) is 0 Å². The number of aliphatic carboxylic acids is 1. The molecule has 1 aliphatic rings. The molecule has 1 fully saturated rings. The van der Waals surface area contributed by atoms with E-state index in [1.807, 2.05) is 0 Å². The molecule has 0 atom stereocenters. The van der Waals surface area contributed by atoms with Crippen molar-refractivity contribution in [3.63, 3.8) is 0 Å². The molecule has 0 radical (unpaired) electrons. The topological polar surface area (TPSA) is 37.3 Å². The molecule has 2 nitrogen and oxygen atoms in total. The summed E-state index contributed by atoms with van der Waals surface area (Å²) in [4.78, 5) is 12.0. The molecular weight excluding hydrogens is 270 g/mol. The standard InChI is InChI=1S/C11H11ClF2O2S/c12-8-2-1-7(17-8)10(9(15)16)3-5-11(13,14)6-4-10/h1-2H,3-6H2,(H,15,16). The fourth-order valence-corrected chi connectivity index (χ4v) is 3.46. The number of carbonyl (C=O) groups is 1. The molecule has 0 aliphatic heterocycles. The van der Waals surface area contributed by atoms with Crippen molar-refractivity contribution in [2.45, 2.75) is 37.0 Å². The molecule has 0 saturated heterocycles. The summed E-state index contributed by atoms with van der Waals surface area (Å²) < 4.78 is 26.7. The molecule has 0 aromatic carbocycles. The first-order valence-electron chi connectivity index (χ1n) is 5.23. The lowest BCUT2D eigenvalue weighted by Crippen LogP contribution is -2.42. The van der Waals surface area contributed by atoms with Crippen LogP contribution in [-0.4, -0.2) is 17.0 Å². The van der Waals surface area contributed by atoms with Gasteiger partial charge in [-0.05, 0) is 25.0 Å². The van der Waals surface area contributed by atoms with E-state index in [0.29, 0.717) is 9.21 Å². The Bertz CT molecular complexity index is 434. The van der Waals surface area contributed by atoms with Gasteiger partial charge in [-0.25, -0.2) is 8.78 Å². The Labute approximate surface area is 106 Å². The third-order valence-corrected chi connectivity index (χ3v) is 4.72. The van der Waals surface area contributed by atoms with E-state index in [0.717, 1.165) is 11.3 Å². The normalized spacial score (nSPS) is 22.3. The minimum absolute atomic E-state index is 0.0355. The molecule has 1 aromatic heterocycles. The van der Waals surface area contributed by atoms with Gasteiger partial charge in [0.1, 0.15) is 5.41 Å². The van der Waals surface area contributed by atoms with Gasteiger partial charge in [0.2, 0.25) is 5.92 Å². The van der Waals surface area contributed by atoms with Gasteiger partial charge in [-0.1, -0.05) is 11.6 Å². The first-order chi connectivity index (χ1) is 7.86. The highest BCUT2D eigenvalue weighted by molar-refractivity contribution is 7.16. The largest absolute Gasteiger partial charge is 0.481 e. The molecule has 1 aliphatic carbocycles. The van der Waals surface area contributed by atoms with Crippen molar-refractivity contribution in [2.24, 2.45) is 0 Å². The van der Waals surface area contributed by atoms with E-state index >= 15 is 0 Å². The molecule has 1 saturated carbocycles. The van der Waals surface area contributed by atoms with Crippen LogP contribution in [0.5, 0.6) is 0 Å². The second-order valence-corrected chi connectivity index (χ2v) is 6.06. The number of hydrogen-bond donors (Lipinski definition) is 1. The Morgan fingerprint density at radius 2 is 1.88 bits per heavy atom. The molecule has 1 N–H and O–H groups in total. The fraction of sp³-hybridized carbons (Fsp3) is 0.545. The van der Waals surface area contributed by atoms with Crippen molar-refractivity contribution in [1.82, 2.24) is 0 Å². The average molecular weight is 281 g/mol. The van der Waals surface area contributed by atoms with Crippen LogP contribution in [0, 0.1) is 0 Å². The van der Waals surface area contributed by atoms with Crippen LogP contribution in [0.2, 0.25) is 4.34 Å². The van der Waals surface area contributed by atoms with Crippen LogP contribution >= 0.6 is 22.9 Å². The lowest BCUT2D eigenvalue weighted by molar-refractivity contribution is -0.148. The Hall–Kier alpha value is -0.680. The smallest absolute Gasteiger partial charge is 0.314 e. The first-order valence-corrected chi connectivity index (χ1v) is 6.42. The summed E-state index contributed by atoms with van der Waals surface area (Å²) in [5.74, 6) is -3.77. The summed E-state index contributed by atoms with van der Waals surface area (Å²) in [5, 5.41) is 9.34. The molecule has 1 aromatic rings. The lowest BCUT2D eigenvalue weighted by Gasteiger charge is -2.35. The van der Waals surface area contributed by atoms with Gasteiger partial charge in [0.05, 0.1) is 4.34 Å². The number of rotatable bonds is 2. The predicted octanol–water partition coefficient (Wildman–Crippen LogP) is 3.93. The summed E-state index contributed by atoms with van der Waals surface area (Å²) in [6, 6.07) is 3.24. The molecule has 0 amide bonds. The van der Waals surface area contributed by atoms with Crippen molar-refractivity contribution in [3.8, 4) is 0 Å². The van der Waals surface area contributed by atoms with Crippen molar-refractivity contribution < 1.29 is 18.7 Å². The third-order valence-electron chi connectivity index (χ3n) is 3.29. The molecule has 1 heterocycles. The van der Waals surface area contributed by atoms with Crippen molar-refractivity contribution in [2.75, 3.05) is 0 Å². The lowest BCUT2D eigenvalue weighted by atomic mass is 9.72. The maximum Gasteiger partial charge on any atom is 0.314 e. The molecule has 6 heteroatoms. The Morgan fingerprint density at radius 1 is 1.29 bits per heavy atom. The average Bonchev–Trinajstić information content (AvgIpc) is 2.65. The molecule has 0 unspecified atom stereocenters. The quantitative estimate of drug-likeness (QED) is 0.891. The van der Waals surface area contributed by atoms with Gasteiger partial charge >= 0.3 is 5.97 Å². The summed E-state index contributed by atoms with van der Waals surface area (Å²) >= 11 is 6.94. The van der Waals surface area contributed by atoms with Gasteiger partial charge in [0, 0.05) is 17.7 Å². The van der Waals surface area contributed by atoms with Gasteiger partial charge in [0.15, 0.2) is 0 Å². The zero-order valence-electron chi connectivity index (χ0n) is 8.88. The van der Waals surface area contributed by atoms with E-state index in [1.165, 1.54) is 0 Å². The highest BCUT2D eigenvalue weighted by Gasteiger charge is 2.49. The van der Waals surface area contributed by atoms with Gasteiger partial charge in [-0.15, -0.1) is 11.3 Å². The third kappa shape index (κ3) is 2.31. The second-order valence-electron chi connectivity index (χ2n) is 4.35. The zero-order chi connectivity index (χ0) is 12.7. The number of carboxylic acid groups (broad SMARTS) is 1. The van der Waals surface area contributed by atoms with E-state index in [2.05, 4.69) is 0 Å². The summed E-state index contributed by atoms with van der Waals surface area (Å²) in [5.41, 5.74) is -1.18. The minimum atomic E-state index is -2.74. The van der Waals surface area contributed by atoms with E-state index in [-0.39, 0.29) is 25.7 Å². The van der Waals surface area contributed by atoms with E-state index in [4.69, 9.17) is 11.6 Å². The number of alkyl halides is 2. The van der Waals surface area contributed by atoms with Crippen LogP contribution in [0.25, 0.3) is 0 Å². The van der Waals surface area contributed by atoms with Crippen LogP contribution in [0.1, 0.15) is 30.6 Å². The monoisotopic (exact) mass is 280 g/mol. The number of halogens is 3. The van der Waals surface area contributed by atoms with Crippen molar-refractivity contribution in [1.29, 1.82) is 0 Å². The predicted molar refractivity (Wildman–Crippen MR) is 62.1 cm³/mol. The van der Waals surface area contributed by atoms with Crippen LogP contribution < -0.4 is 0 Å². The Kier molecular flexibility index (Phi) is 3.16. The molecule has 0 spiro atoms. The fourth-order valence-electron chi connectivity index (χ4n) is 2.18. The van der Waals surface area contributed by atoms with Crippen LogP contribution in [0.15, 0.2) is 12.1 Å². The Morgan fingerprint density at radius 3 is 2.29 bits per heavy atom. The molecule has 17 heavy (non-hydrogen) atoms. The van der Waals surface area contributed by atoms with Gasteiger partial charge in [-0.2, -0.15) is 0 Å². The Balaban J connectivity index is 2.33.